The van der Waals surface area contributed by atoms with Crippen LogP contribution >= 0.6 is 11.5 Å². The third-order valence-electron chi connectivity index (χ3n) is 2.07. The van der Waals surface area contributed by atoms with Gasteiger partial charge in [0.15, 0.2) is 6.61 Å². The largest absolute Gasteiger partial charge is 0.482 e. The van der Waals surface area contributed by atoms with Crippen LogP contribution in [0.2, 0.25) is 0 Å². The minimum atomic E-state index is -1.05. The molecule has 0 spiro atoms. The topological polar surface area (TPSA) is 113 Å². The molecule has 0 atom stereocenters. The lowest BCUT2D eigenvalue weighted by atomic mass is 10.3. The van der Waals surface area contributed by atoms with Crippen LogP contribution in [0.1, 0.15) is 0 Å². The molecule has 0 unspecified atom stereocenters. The zero-order chi connectivity index (χ0) is 14.4. The Hall–Kier alpha value is -2.68. The van der Waals surface area contributed by atoms with Gasteiger partial charge < -0.3 is 15.2 Å². The molecule has 1 aromatic heterocycles. The van der Waals surface area contributed by atoms with Crippen LogP contribution in [0.4, 0.5) is 15.5 Å². The standard InChI is InChI=1S/C11H10N4O4S/c16-10(17)6-19-8-3-1-7(2-4-8)13-11(18)14-9-5-12-15-20-9/h1-5H,6H2,(H,16,17)(H2,13,14,18). The van der Waals surface area contributed by atoms with Crippen LogP contribution in [-0.2, 0) is 4.79 Å². The highest BCUT2D eigenvalue weighted by Crippen LogP contribution is 2.16. The maximum Gasteiger partial charge on any atom is 0.341 e. The number of benzene rings is 1. The number of carbonyl (C=O) groups excluding carboxylic acids is 1. The summed E-state index contributed by atoms with van der Waals surface area (Å²) in [6.45, 7) is -0.411. The number of nitrogens with one attached hydrogen (secondary N) is 2. The first-order valence-corrected chi connectivity index (χ1v) is 6.21. The van der Waals surface area contributed by atoms with E-state index >= 15 is 0 Å². The average Bonchev–Trinajstić information content (AvgIpc) is 2.90. The number of amides is 2. The predicted octanol–water partition coefficient (Wildman–Crippen LogP) is 1.65. The first kappa shape index (κ1) is 13.7. The Bertz CT molecular complexity index is 585. The molecule has 0 saturated carbocycles. The monoisotopic (exact) mass is 294 g/mol. The summed E-state index contributed by atoms with van der Waals surface area (Å²) in [5.41, 5.74) is 0.544. The molecule has 9 heteroatoms. The van der Waals surface area contributed by atoms with Gasteiger partial charge in [0.25, 0.3) is 0 Å². The summed E-state index contributed by atoms with van der Waals surface area (Å²) in [7, 11) is 0. The van der Waals surface area contributed by atoms with Crippen LogP contribution in [0.15, 0.2) is 30.5 Å². The number of nitrogens with zero attached hydrogens (tertiary/aromatic N) is 2. The summed E-state index contributed by atoms with van der Waals surface area (Å²) in [6, 6.07) is 5.90. The number of aliphatic carboxylic acids is 1. The second kappa shape index (κ2) is 6.48. The average molecular weight is 294 g/mol. The number of carboxylic acids is 1. The number of aromatic nitrogens is 2. The molecule has 104 valence electrons. The summed E-state index contributed by atoms with van der Waals surface area (Å²) in [5, 5.41) is 17.8. The van der Waals surface area contributed by atoms with Crippen LogP contribution in [0.5, 0.6) is 5.75 Å². The van der Waals surface area contributed by atoms with E-state index in [0.717, 1.165) is 11.5 Å². The number of carbonyl (C=O) groups is 2. The minimum Gasteiger partial charge on any atom is -0.482 e. The van der Waals surface area contributed by atoms with E-state index in [1.807, 2.05) is 0 Å². The number of carboxylic acid groups (broad SMARTS) is 1. The normalized spacial score (nSPS) is 9.80. The van der Waals surface area contributed by atoms with Gasteiger partial charge in [0, 0.05) is 17.2 Å². The Morgan fingerprint density at radius 3 is 2.60 bits per heavy atom. The van der Waals surface area contributed by atoms with Gasteiger partial charge in [-0.15, -0.1) is 5.10 Å². The number of ether oxygens (including phenoxy) is 1. The van der Waals surface area contributed by atoms with E-state index in [2.05, 4.69) is 20.2 Å². The van der Waals surface area contributed by atoms with Crippen LogP contribution in [0.3, 0.4) is 0 Å². The minimum absolute atomic E-state index is 0.407. The van der Waals surface area contributed by atoms with Crippen molar-refractivity contribution in [1.29, 1.82) is 0 Å². The fraction of sp³-hybridized carbons (Fsp3) is 0.0909. The molecule has 0 fully saturated rings. The van der Waals surface area contributed by atoms with E-state index in [4.69, 9.17) is 9.84 Å². The van der Waals surface area contributed by atoms with E-state index in [1.165, 1.54) is 6.20 Å². The first-order chi connectivity index (χ1) is 9.63. The van der Waals surface area contributed by atoms with Crippen LogP contribution < -0.4 is 15.4 Å². The number of urea groups is 1. The van der Waals surface area contributed by atoms with Crippen molar-refractivity contribution in [3.63, 3.8) is 0 Å². The molecule has 0 aliphatic rings. The smallest absolute Gasteiger partial charge is 0.341 e. The van der Waals surface area contributed by atoms with Crippen molar-refractivity contribution in [3.8, 4) is 5.75 Å². The molecular formula is C11H10N4O4S. The first-order valence-electron chi connectivity index (χ1n) is 5.43. The molecule has 1 aromatic carbocycles. The van der Waals surface area contributed by atoms with Crippen molar-refractivity contribution in [2.45, 2.75) is 0 Å². The summed E-state index contributed by atoms with van der Waals surface area (Å²) in [5.74, 6) is -0.644. The molecular weight excluding hydrogens is 284 g/mol. The Balaban J connectivity index is 1.86. The van der Waals surface area contributed by atoms with Crippen molar-refractivity contribution < 1.29 is 19.4 Å². The SMILES string of the molecule is O=C(O)COc1ccc(NC(=O)Nc2cnns2)cc1. The molecule has 20 heavy (non-hydrogen) atoms. The van der Waals surface area contributed by atoms with Crippen molar-refractivity contribution in [1.82, 2.24) is 9.59 Å². The molecule has 0 aliphatic heterocycles. The van der Waals surface area contributed by atoms with Crippen LogP contribution in [0.25, 0.3) is 0 Å². The van der Waals surface area contributed by atoms with Crippen molar-refractivity contribution in [2.24, 2.45) is 0 Å². The molecule has 3 N–H and O–H groups in total. The highest BCUT2D eigenvalue weighted by molar-refractivity contribution is 7.10. The van der Waals surface area contributed by atoms with E-state index in [0.29, 0.717) is 16.4 Å². The molecule has 2 rings (SSSR count). The zero-order valence-electron chi connectivity index (χ0n) is 10.1. The summed E-state index contributed by atoms with van der Waals surface area (Å²) in [6.07, 6.45) is 1.44. The van der Waals surface area contributed by atoms with E-state index in [-0.39, 0.29) is 0 Å². The van der Waals surface area contributed by atoms with Gasteiger partial charge in [0.2, 0.25) is 0 Å². The van der Waals surface area contributed by atoms with Gasteiger partial charge in [-0.25, -0.2) is 9.59 Å². The lowest BCUT2D eigenvalue weighted by molar-refractivity contribution is -0.139. The summed E-state index contributed by atoms with van der Waals surface area (Å²) >= 11 is 1.06. The van der Waals surface area contributed by atoms with Gasteiger partial charge in [-0.1, -0.05) is 4.49 Å². The van der Waals surface area contributed by atoms with Gasteiger partial charge in [-0.05, 0) is 24.3 Å². The lowest BCUT2D eigenvalue weighted by Crippen LogP contribution is -2.18. The van der Waals surface area contributed by atoms with Gasteiger partial charge in [-0.2, -0.15) is 0 Å². The lowest BCUT2D eigenvalue weighted by Gasteiger charge is -2.07. The molecule has 0 bridgehead atoms. The molecule has 0 saturated heterocycles. The Labute approximate surface area is 117 Å². The van der Waals surface area contributed by atoms with Gasteiger partial charge in [-0.3, -0.25) is 5.32 Å². The van der Waals surface area contributed by atoms with Crippen molar-refractivity contribution in [3.05, 3.63) is 30.5 Å². The Kier molecular flexibility index (Phi) is 4.45. The number of anilines is 2. The second-order valence-corrected chi connectivity index (χ2v) is 4.35. The third-order valence-corrected chi connectivity index (χ3v) is 2.65. The maximum absolute atomic E-state index is 11.6. The van der Waals surface area contributed by atoms with E-state index < -0.39 is 18.6 Å². The highest BCUT2D eigenvalue weighted by Gasteiger charge is 2.05. The molecule has 8 nitrogen and oxygen atoms in total. The Morgan fingerprint density at radius 1 is 1.25 bits per heavy atom. The molecule has 1 heterocycles. The zero-order valence-corrected chi connectivity index (χ0v) is 10.9. The van der Waals surface area contributed by atoms with Crippen molar-refractivity contribution in [2.75, 3.05) is 17.2 Å². The predicted molar refractivity (Wildman–Crippen MR) is 72.1 cm³/mol. The maximum atomic E-state index is 11.6. The molecule has 2 amide bonds. The molecule has 2 aromatic rings. The third kappa shape index (κ3) is 4.21. The van der Waals surface area contributed by atoms with Gasteiger partial charge >= 0.3 is 12.0 Å². The van der Waals surface area contributed by atoms with E-state index in [9.17, 15) is 9.59 Å². The highest BCUT2D eigenvalue weighted by atomic mass is 32.1. The van der Waals surface area contributed by atoms with Gasteiger partial charge in [0.05, 0.1) is 6.20 Å². The Morgan fingerprint density at radius 2 is 2.00 bits per heavy atom. The van der Waals surface area contributed by atoms with Gasteiger partial charge in [0.1, 0.15) is 10.8 Å². The number of rotatable bonds is 5. The van der Waals surface area contributed by atoms with Crippen LogP contribution in [-0.4, -0.2) is 33.3 Å². The molecule has 0 aliphatic carbocycles. The quantitative estimate of drug-likeness (QED) is 0.772. The summed E-state index contributed by atoms with van der Waals surface area (Å²) in [4.78, 5) is 21.9. The van der Waals surface area contributed by atoms with E-state index in [1.54, 1.807) is 24.3 Å². The number of hydrogen-bond acceptors (Lipinski definition) is 6. The fourth-order valence-electron chi connectivity index (χ4n) is 1.28. The fourth-order valence-corrected chi connectivity index (χ4v) is 1.69. The van der Waals surface area contributed by atoms with Crippen molar-refractivity contribution >= 4 is 34.2 Å². The van der Waals surface area contributed by atoms with Crippen LogP contribution in [0, 0.1) is 0 Å². The molecule has 0 radical (unpaired) electrons. The second-order valence-electron chi connectivity index (χ2n) is 3.57. The summed E-state index contributed by atoms with van der Waals surface area (Å²) < 4.78 is 8.58. The number of hydrogen-bond donors (Lipinski definition) is 3.